The average Bonchev–Trinajstić information content (AvgIpc) is 1.85. The summed E-state index contributed by atoms with van der Waals surface area (Å²) < 4.78 is 12.5. The van der Waals surface area contributed by atoms with Gasteiger partial charge in [0.05, 0.1) is 0 Å². The van der Waals surface area contributed by atoms with Crippen LogP contribution in [0.1, 0.15) is 18.0 Å². The quantitative estimate of drug-likeness (QED) is 0.591. The summed E-state index contributed by atoms with van der Waals surface area (Å²) in [4.78, 5) is 0. The molecular formula is C8H7ClFSi. The fraction of sp³-hybridized carbons (Fsp3) is 0.250. The van der Waals surface area contributed by atoms with Crippen molar-refractivity contribution >= 4 is 21.8 Å². The molecule has 3 heteroatoms. The second-order valence-corrected chi connectivity index (χ2v) is 3.66. The third-order valence-electron chi connectivity index (χ3n) is 1.43. The van der Waals surface area contributed by atoms with E-state index < -0.39 is 0 Å². The fourth-order valence-electron chi connectivity index (χ4n) is 0.853. The SMILES string of the molecule is CC([Si])c1ccc(F)cc1Cl. The predicted octanol–water partition coefficient (Wildman–Crippen LogP) is 2.71. The van der Waals surface area contributed by atoms with Crippen LogP contribution in [-0.2, 0) is 0 Å². The molecule has 1 rings (SSSR count). The van der Waals surface area contributed by atoms with Crippen LogP contribution in [-0.4, -0.2) is 10.2 Å². The molecule has 1 unspecified atom stereocenters. The Morgan fingerprint density at radius 1 is 1.55 bits per heavy atom. The highest BCUT2D eigenvalue weighted by Gasteiger charge is 2.04. The van der Waals surface area contributed by atoms with Gasteiger partial charge in [-0.1, -0.05) is 24.6 Å². The largest absolute Gasteiger partial charge is 0.207 e. The minimum Gasteiger partial charge on any atom is -0.207 e. The lowest BCUT2D eigenvalue weighted by atomic mass is 10.1. The lowest BCUT2D eigenvalue weighted by Crippen LogP contribution is -1.93. The highest BCUT2D eigenvalue weighted by Crippen LogP contribution is 2.22. The topological polar surface area (TPSA) is 0 Å². The van der Waals surface area contributed by atoms with Gasteiger partial charge in [-0.05, 0) is 23.2 Å². The van der Waals surface area contributed by atoms with Crippen LogP contribution in [0.3, 0.4) is 0 Å². The molecule has 0 aliphatic carbocycles. The Bertz CT molecular complexity index is 260. The van der Waals surface area contributed by atoms with Crippen LogP contribution in [0.5, 0.6) is 0 Å². The van der Waals surface area contributed by atoms with Crippen LogP contribution in [0.4, 0.5) is 4.39 Å². The fourth-order valence-corrected chi connectivity index (χ4v) is 1.53. The van der Waals surface area contributed by atoms with Crippen LogP contribution in [0.2, 0.25) is 5.02 Å². The van der Waals surface area contributed by atoms with Gasteiger partial charge in [0.2, 0.25) is 0 Å². The van der Waals surface area contributed by atoms with Crippen molar-refractivity contribution < 1.29 is 4.39 Å². The van der Waals surface area contributed by atoms with E-state index in [1.54, 1.807) is 6.07 Å². The average molecular weight is 186 g/mol. The van der Waals surface area contributed by atoms with Crippen LogP contribution in [0, 0.1) is 5.82 Å². The van der Waals surface area contributed by atoms with Crippen molar-refractivity contribution in [1.82, 2.24) is 0 Å². The molecule has 0 spiro atoms. The van der Waals surface area contributed by atoms with E-state index in [0.717, 1.165) is 5.56 Å². The molecule has 0 aliphatic heterocycles. The first-order valence-electron chi connectivity index (χ1n) is 3.27. The van der Waals surface area contributed by atoms with E-state index in [-0.39, 0.29) is 11.4 Å². The third kappa shape index (κ3) is 2.04. The van der Waals surface area contributed by atoms with Crippen LogP contribution < -0.4 is 0 Å². The summed E-state index contributed by atoms with van der Waals surface area (Å²) in [6.07, 6.45) is 0. The Balaban J connectivity index is 3.09. The molecule has 0 nitrogen and oxygen atoms in total. The maximum absolute atomic E-state index is 12.5. The van der Waals surface area contributed by atoms with Crippen LogP contribution in [0.25, 0.3) is 0 Å². The van der Waals surface area contributed by atoms with Crippen molar-refractivity contribution in [2.24, 2.45) is 0 Å². The van der Waals surface area contributed by atoms with Gasteiger partial charge in [-0.3, -0.25) is 0 Å². The van der Waals surface area contributed by atoms with E-state index in [9.17, 15) is 4.39 Å². The maximum Gasteiger partial charge on any atom is 0.124 e. The molecule has 0 amide bonds. The lowest BCUT2D eigenvalue weighted by molar-refractivity contribution is 0.627. The normalized spacial score (nSPS) is 13.1. The van der Waals surface area contributed by atoms with E-state index in [0.29, 0.717) is 5.02 Å². The summed E-state index contributed by atoms with van der Waals surface area (Å²) in [5.41, 5.74) is 1.06. The van der Waals surface area contributed by atoms with Gasteiger partial charge >= 0.3 is 0 Å². The van der Waals surface area contributed by atoms with Crippen molar-refractivity contribution in [2.45, 2.75) is 12.5 Å². The molecule has 0 heterocycles. The Morgan fingerprint density at radius 3 is 2.64 bits per heavy atom. The molecule has 0 saturated carbocycles. The smallest absolute Gasteiger partial charge is 0.124 e. The van der Waals surface area contributed by atoms with Crippen molar-refractivity contribution in [1.29, 1.82) is 0 Å². The molecule has 0 aromatic heterocycles. The van der Waals surface area contributed by atoms with Gasteiger partial charge in [-0.25, -0.2) is 4.39 Å². The van der Waals surface area contributed by atoms with E-state index in [4.69, 9.17) is 11.6 Å². The molecule has 1 aromatic rings. The molecule has 57 valence electrons. The molecule has 0 N–H and O–H groups in total. The molecule has 0 aliphatic rings. The summed E-state index contributed by atoms with van der Waals surface area (Å²) in [5, 5.41) is 0.465. The van der Waals surface area contributed by atoms with Gasteiger partial charge in [0.1, 0.15) is 5.82 Å². The molecule has 3 radical (unpaired) electrons. The first-order valence-corrected chi connectivity index (χ1v) is 4.23. The minimum atomic E-state index is -0.300. The van der Waals surface area contributed by atoms with Crippen LogP contribution >= 0.6 is 11.6 Å². The molecule has 0 fully saturated rings. The van der Waals surface area contributed by atoms with Crippen molar-refractivity contribution in [2.75, 3.05) is 0 Å². The summed E-state index contributed by atoms with van der Waals surface area (Å²) in [6.45, 7) is 1.94. The Hall–Kier alpha value is -0.343. The highest BCUT2D eigenvalue weighted by atomic mass is 35.5. The van der Waals surface area contributed by atoms with Crippen LogP contribution in [0.15, 0.2) is 18.2 Å². The summed E-state index contributed by atoms with van der Waals surface area (Å²) in [5.74, 6) is -0.300. The maximum atomic E-state index is 12.5. The second kappa shape index (κ2) is 3.37. The van der Waals surface area contributed by atoms with E-state index in [1.807, 2.05) is 6.92 Å². The van der Waals surface area contributed by atoms with E-state index in [1.165, 1.54) is 12.1 Å². The highest BCUT2D eigenvalue weighted by molar-refractivity contribution is 6.32. The van der Waals surface area contributed by atoms with E-state index >= 15 is 0 Å². The summed E-state index contributed by atoms with van der Waals surface area (Å²) >= 11 is 5.75. The van der Waals surface area contributed by atoms with Crippen molar-refractivity contribution in [3.8, 4) is 0 Å². The molecule has 1 atom stereocenters. The van der Waals surface area contributed by atoms with Gasteiger partial charge in [0.25, 0.3) is 0 Å². The first-order chi connectivity index (χ1) is 5.11. The Labute approximate surface area is 73.8 Å². The van der Waals surface area contributed by atoms with Crippen molar-refractivity contribution in [3.63, 3.8) is 0 Å². The van der Waals surface area contributed by atoms with E-state index in [2.05, 4.69) is 10.2 Å². The second-order valence-electron chi connectivity index (χ2n) is 2.39. The number of hydrogen-bond acceptors (Lipinski definition) is 0. The van der Waals surface area contributed by atoms with Gasteiger partial charge in [-0.15, -0.1) is 0 Å². The zero-order valence-corrected chi connectivity index (χ0v) is 7.82. The zero-order chi connectivity index (χ0) is 8.43. The number of rotatable bonds is 1. The van der Waals surface area contributed by atoms with Gasteiger partial charge in [0.15, 0.2) is 0 Å². The number of benzene rings is 1. The molecule has 1 aromatic carbocycles. The number of hydrogen-bond donors (Lipinski definition) is 0. The monoisotopic (exact) mass is 185 g/mol. The molecular weight excluding hydrogens is 179 g/mol. The predicted molar refractivity (Wildman–Crippen MR) is 45.6 cm³/mol. The van der Waals surface area contributed by atoms with Gasteiger partial charge < -0.3 is 0 Å². The zero-order valence-electron chi connectivity index (χ0n) is 6.07. The van der Waals surface area contributed by atoms with Gasteiger partial charge in [0, 0.05) is 15.3 Å². The number of halogens is 2. The molecule has 0 saturated heterocycles. The standard InChI is InChI=1S/C8H7ClFSi/c1-5(11)7-3-2-6(10)4-8(7)9/h2-5H,1H3. The van der Waals surface area contributed by atoms with Crippen molar-refractivity contribution in [3.05, 3.63) is 34.6 Å². The molecule has 11 heavy (non-hydrogen) atoms. The Morgan fingerprint density at radius 2 is 2.18 bits per heavy atom. The summed E-state index contributed by atoms with van der Waals surface area (Å²) in [6, 6.07) is 4.39. The van der Waals surface area contributed by atoms with Gasteiger partial charge in [-0.2, -0.15) is 0 Å². The molecule has 0 bridgehead atoms. The first kappa shape index (κ1) is 8.75. The Kier molecular flexibility index (Phi) is 2.68. The third-order valence-corrected chi connectivity index (χ3v) is 2.07. The minimum absolute atomic E-state index is 0.156. The lowest BCUT2D eigenvalue weighted by Gasteiger charge is -2.06. The summed E-state index contributed by atoms with van der Waals surface area (Å²) in [7, 11) is 3.40.